The van der Waals surface area contributed by atoms with Crippen molar-refractivity contribution in [1.29, 1.82) is 0 Å². The number of aromatic nitrogens is 1. The summed E-state index contributed by atoms with van der Waals surface area (Å²) in [5.41, 5.74) is 1.94. The standard InChI is InChI=1S/C20H26N4O3S.HI/c1-2-21-20(24-18-10-12-28(25,26)15-18)23-13-17-9-6-11-22-19(17)27-14-16-7-4-3-5-8-16;/h3-9,11,18H,2,10,12-15H2,1H3,(H2,21,23,24);1H. The van der Waals surface area contributed by atoms with Crippen LogP contribution in [0.2, 0.25) is 0 Å². The van der Waals surface area contributed by atoms with Crippen LogP contribution >= 0.6 is 24.0 Å². The summed E-state index contributed by atoms with van der Waals surface area (Å²) >= 11 is 0. The second kappa shape index (κ2) is 11.3. The average molecular weight is 530 g/mol. The summed E-state index contributed by atoms with van der Waals surface area (Å²) < 4.78 is 29.2. The smallest absolute Gasteiger partial charge is 0.218 e. The summed E-state index contributed by atoms with van der Waals surface area (Å²) in [5, 5.41) is 6.39. The predicted octanol–water partition coefficient (Wildman–Crippen LogP) is 2.52. The Morgan fingerprint density at radius 3 is 2.72 bits per heavy atom. The highest BCUT2D eigenvalue weighted by Crippen LogP contribution is 2.17. The van der Waals surface area contributed by atoms with Gasteiger partial charge in [-0.1, -0.05) is 36.4 Å². The molecule has 1 unspecified atom stereocenters. The first-order valence-corrected chi connectivity index (χ1v) is 11.2. The number of nitrogens with zero attached hydrogens (tertiary/aromatic N) is 2. The molecule has 0 spiro atoms. The summed E-state index contributed by atoms with van der Waals surface area (Å²) in [6.07, 6.45) is 2.30. The fourth-order valence-corrected chi connectivity index (χ4v) is 4.66. The third-order valence-corrected chi connectivity index (χ3v) is 6.16. The third-order valence-electron chi connectivity index (χ3n) is 4.39. The van der Waals surface area contributed by atoms with E-state index in [1.165, 1.54) is 0 Å². The lowest BCUT2D eigenvalue weighted by atomic mass is 10.2. The molecule has 0 saturated carbocycles. The maximum absolute atomic E-state index is 11.7. The molecule has 29 heavy (non-hydrogen) atoms. The number of benzene rings is 1. The van der Waals surface area contributed by atoms with Gasteiger partial charge in [-0.15, -0.1) is 24.0 Å². The van der Waals surface area contributed by atoms with Gasteiger partial charge < -0.3 is 15.4 Å². The van der Waals surface area contributed by atoms with Gasteiger partial charge in [-0.3, -0.25) is 0 Å². The van der Waals surface area contributed by atoms with Crippen molar-refractivity contribution in [1.82, 2.24) is 15.6 Å². The van der Waals surface area contributed by atoms with E-state index in [9.17, 15) is 8.42 Å². The Labute approximate surface area is 189 Å². The summed E-state index contributed by atoms with van der Waals surface area (Å²) in [6.45, 7) is 3.48. The molecule has 1 aromatic heterocycles. The molecule has 0 radical (unpaired) electrons. The minimum absolute atomic E-state index is 0. The minimum atomic E-state index is -2.94. The highest BCUT2D eigenvalue weighted by atomic mass is 127. The average Bonchev–Trinajstić information content (AvgIpc) is 3.04. The van der Waals surface area contributed by atoms with Gasteiger partial charge in [-0.05, 0) is 25.0 Å². The summed E-state index contributed by atoms with van der Waals surface area (Å²) in [5.74, 6) is 1.52. The Hall–Kier alpha value is -1.88. The van der Waals surface area contributed by atoms with E-state index in [2.05, 4.69) is 20.6 Å². The van der Waals surface area contributed by atoms with Crippen LogP contribution in [0, 0.1) is 0 Å². The molecule has 2 N–H and O–H groups in total. The molecule has 1 atom stereocenters. The van der Waals surface area contributed by atoms with Crippen molar-refractivity contribution in [3.8, 4) is 5.88 Å². The Morgan fingerprint density at radius 1 is 1.24 bits per heavy atom. The van der Waals surface area contributed by atoms with Crippen LogP contribution in [0.4, 0.5) is 0 Å². The summed E-state index contributed by atoms with van der Waals surface area (Å²) in [7, 11) is -2.94. The molecule has 1 aromatic carbocycles. The number of pyridine rings is 1. The van der Waals surface area contributed by atoms with Crippen molar-refractivity contribution in [3.63, 3.8) is 0 Å². The van der Waals surface area contributed by atoms with Crippen molar-refractivity contribution in [2.75, 3.05) is 18.1 Å². The maximum atomic E-state index is 11.7. The van der Waals surface area contributed by atoms with E-state index in [-0.39, 0.29) is 41.5 Å². The van der Waals surface area contributed by atoms with E-state index in [0.29, 0.717) is 38.0 Å². The number of guanidine groups is 1. The molecule has 0 amide bonds. The van der Waals surface area contributed by atoms with Gasteiger partial charge in [0.1, 0.15) is 6.61 Å². The number of hydrogen-bond acceptors (Lipinski definition) is 5. The molecule has 1 aliphatic heterocycles. The van der Waals surface area contributed by atoms with E-state index in [4.69, 9.17) is 4.74 Å². The molecular formula is C20H27IN4O3S. The Morgan fingerprint density at radius 2 is 2.03 bits per heavy atom. The molecule has 0 aliphatic carbocycles. The first kappa shape index (κ1) is 23.4. The minimum Gasteiger partial charge on any atom is -0.473 e. The zero-order valence-corrected chi connectivity index (χ0v) is 19.5. The second-order valence-electron chi connectivity index (χ2n) is 6.68. The zero-order chi connectivity index (χ0) is 19.8. The van der Waals surface area contributed by atoms with Crippen molar-refractivity contribution in [3.05, 3.63) is 59.8 Å². The Balaban J connectivity index is 0.00000300. The molecular weight excluding hydrogens is 503 g/mol. The molecule has 2 aromatic rings. The second-order valence-corrected chi connectivity index (χ2v) is 8.91. The van der Waals surface area contributed by atoms with Crippen LogP contribution in [0.25, 0.3) is 0 Å². The number of ether oxygens (including phenoxy) is 1. The fraction of sp³-hybridized carbons (Fsp3) is 0.400. The van der Waals surface area contributed by atoms with Gasteiger partial charge in [-0.2, -0.15) is 0 Å². The Bertz CT molecular complexity index is 907. The first-order chi connectivity index (χ1) is 13.6. The lowest BCUT2D eigenvalue weighted by Gasteiger charge is -2.16. The van der Waals surface area contributed by atoms with Crippen LogP contribution in [0.1, 0.15) is 24.5 Å². The van der Waals surface area contributed by atoms with E-state index in [0.717, 1.165) is 11.1 Å². The van der Waals surface area contributed by atoms with Crippen LogP contribution in [0.15, 0.2) is 53.7 Å². The van der Waals surface area contributed by atoms with Gasteiger partial charge in [0.05, 0.1) is 18.1 Å². The predicted molar refractivity (Wildman–Crippen MR) is 125 cm³/mol. The van der Waals surface area contributed by atoms with Gasteiger partial charge in [0.15, 0.2) is 15.8 Å². The molecule has 3 rings (SSSR count). The molecule has 0 bridgehead atoms. The van der Waals surface area contributed by atoms with Gasteiger partial charge in [0, 0.05) is 24.3 Å². The lowest BCUT2D eigenvalue weighted by Crippen LogP contribution is -2.44. The van der Waals surface area contributed by atoms with Crippen LogP contribution in [-0.2, 0) is 23.0 Å². The number of halogens is 1. The molecule has 1 aliphatic rings. The van der Waals surface area contributed by atoms with Crippen LogP contribution in [0.3, 0.4) is 0 Å². The largest absolute Gasteiger partial charge is 0.473 e. The number of hydrogen-bond donors (Lipinski definition) is 2. The van der Waals surface area contributed by atoms with Crippen molar-refractivity contribution in [2.24, 2.45) is 4.99 Å². The van der Waals surface area contributed by atoms with Crippen LogP contribution in [-0.4, -0.2) is 43.5 Å². The van der Waals surface area contributed by atoms with Gasteiger partial charge in [0.25, 0.3) is 0 Å². The maximum Gasteiger partial charge on any atom is 0.218 e. The highest BCUT2D eigenvalue weighted by Gasteiger charge is 2.28. The Kier molecular flexibility index (Phi) is 9.15. The normalized spacial score (nSPS) is 18.0. The quantitative estimate of drug-likeness (QED) is 0.325. The van der Waals surface area contributed by atoms with Crippen molar-refractivity contribution >= 4 is 39.8 Å². The van der Waals surface area contributed by atoms with E-state index in [1.54, 1.807) is 6.20 Å². The first-order valence-electron chi connectivity index (χ1n) is 9.41. The van der Waals surface area contributed by atoms with Crippen LogP contribution in [0.5, 0.6) is 5.88 Å². The summed E-state index contributed by atoms with van der Waals surface area (Å²) in [6, 6.07) is 13.6. The molecule has 9 heteroatoms. The van der Waals surface area contributed by atoms with Crippen molar-refractivity contribution < 1.29 is 13.2 Å². The lowest BCUT2D eigenvalue weighted by molar-refractivity contribution is 0.290. The molecule has 1 saturated heterocycles. The number of rotatable bonds is 7. The molecule has 1 fully saturated rings. The van der Waals surface area contributed by atoms with Gasteiger partial charge in [-0.25, -0.2) is 18.4 Å². The third kappa shape index (κ3) is 7.46. The van der Waals surface area contributed by atoms with Crippen molar-refractivity contribution in [2.45, 2.75) is 32.5 Å². The monoisotopic (exact) mass is 530 g/mol. The van der Waals surface area contributed by atoms with E-state index < -0.39 is 9.84 Å². The van der Waals surface area contributed by atoms with Gasteiger partial charge >= 0.3 is 0 Å². The van der Waals surface area contributed by atoms with E-state index in [1.807, 2.05) is 49.4 Å². The molecule has 158 valence electrons. The van der Waals surface area contributed by atoms with E-state index >= 15 is 0 Å². The number of aliphatic imine (C=N–C) groups is 1. The molecule has 2 heterocycles. The van der Waals surface area contributed by atoms with Gasteiger partial charge in [0.2, 0.25) is 5.88 Å². The highest BCUT2D eigenvalue weighted by molar-refractivity contribution is 14.0. The van der Waals surface area contributed by atoms with Crippen LogP contribution < -0.4 is 15.4 Å². The zero-order valence-electron chi connectivity index (χ0n) is 16.4. The SMILES string of the molecule is CCNC(=NCc1cccnc1OCc1ccccc1)NC1CCS(=O)(=O)C1.I. The number of sulfone groups is 1. The molecule has 7 nitrogen and oxygen atoms in total. The number of nitrogens with one attached hydrogen (secondary N) is 2. The summed E-state index contributed by atoms with van der Waals surface area (Å²) in [4.78, 5) is 8.92. The fourth-order valence-electron chi connectivity index (χ4n) is 2.99. The topological polar surface area (TPSA) is 92.7 Å².